The number of halogens is 2. The van der Waals surface area contributed by atoms with E-state index in [1.165, 1.54) is 120 Å². The SMILES string of the molecule is CCCC1CC2(CCN(C(=O)NC3C4CC5CC(C4)CC3C5)CC2)c2cc(Cl)ccc21.CCCC1CC2(CCNCC2)c2cc(Cl)ccc21.NC1C2CC3CC(C2)CC1C3.O=C=O.O=C=O. The van der Waals surface area contributed by atoms with Crippen LogP contribution in [0.3, 0.4) is 0 Å². The molecule has 9 nitrogen and oxygen atoms in total. The van der Waals surface area contributed by atoms with Gasteiger partial charge in [0.15, 0.2) is 0 Å². The number of urea groups is 1. The van der Waals surface area contributed by atoms with E-state index in [2.05, 4.69) is 65.8 Å². The maximum absolute atomic E-state index is 13.3. The van der Waals surface area contributed by atoms with Crippen LogP contribution < -0.4 is 16.4 Å². The third-order valence-corrected chi connectivity index (χ3v) is 19.5. The Bertz CT molecular complexity index is 1980. The predicted octanol–water partition coefficient (Wildman–Crippen LogP) is 11.3. The van der Waals surface area contributed by atoms with Crippen LogP contribution in [0.15, 0.2) is 36.4 Å². The monoisotopic (exact) mass is 943 g/mol. The Kier molecular flexibility index (Phi) is 16.3. The molecule has 2 saturated heterocycles. The summed E-state index contributed by atoms with van der Waals surface area (Å²) in [6.07, 6.45) is 27.2. The minimum atomic E-state index is 0.210. The standard InChI is InChI=1S/C27H37ClN2O.C16H22ClN.C10H17N.2CO2/c1-2-3-19-16-27(24-15-22(28)4-5-23(19)24)6-8-30(9-7-27)26(31)29-25-20-11-17-10-18(13-20)14-21(25)12-17;1-2-3-12-11-16(6-8-18-9-7-16)15-10-13(17)4-5-14(12)15;11-10-8-2-6-1-7(4-8)5-9(10)3-6;2*2-1-3/h4-5,15,17-21,25H,2-3,6-14,16H2,1H3,(H,29,31);4-5,10,12,18H,2-3,6-9,11H2,1H3;6-10H,1-5,11H2;;. The summed E-state index contributed by atoms with van der Waals surface area (Å²) in [5.41, 5.74) is 13.0. The van der Waals surface area contributed by atoms with Crippen LogP contribution in [-0.4, -0.2) is 61.5 Å². The van der Waals surface area contributed by atoms with E-state index in [0.717, 1.165) is 102 Å². The number of piperidine rings is 2. The van der Waals surface area contributed by atoms with E-state index in [0.29, 0.717) is 23.4 Å². The van der Waals surface area contributed by atoms with Crippen molar-refractivity contribution in [2.75, 3.05) is 26.2 Å². The van der Waals surface area contributed by atoms with Crippen molar-refractivity contribution in [1.29, 1.82) is 0 Å². The highest BCUT2D eigenvalue weighted by Crippen LogP contribution is 2.57. The van der Waals surface area contributed by atoms with Crippen LogP contribution in [0.25, 0.3) is 0 Å². The molecular formula is C55H76Cl2N4O5. The van der Waals surface area contributed by atoms with Crippen molar-refractivity contribution in [2.24, 2.45) is 53.1 Å². The van der Waals surface area contributed by atoms with Gasteiger partial charge in [-0.15, -0.1) is 0 Å². The number of fused-ring (bicyclic) bond motifs is 4. The Morgan fingerprint density at radius 3 is 1.45 bits per heavy atom. The zero-order valence-corrected chi connectivity index (χ0v) is 41.2. The predicted molar refractivity (Wildman–Crippen MR) is 258 cm³/mol. The number of carbonyl (C=O) groups excluding carboxylic acids is 5. The summed E-state index contributed by atoms with van der Waals surface area (Å²) in [5.74, 6) is 8.83. The average molecular weight is 944 g/mol. The Morgan fingerprint density at radius 1 is 0.652 bits per heavy atom. The van der Waals surface area contributed by atoms with Gasteiger partial charge in [-0.1, -0.05) is 62.0 Å². The quantitative estimate of drug-likeness (QED) is 0.271. The van der Waals surface area contributed by atoms with Gasteiger partial charge in [0.1, 0.15) is 0 Å². The van der Waals surface area contributed by atoms with Crippen LogP contribution in [0.5, 0.6) is 0 Å². The highest BCUT2D eigenvalue weighted by Gasteiger charge is 2.51. The summed E-state index contributed by atoms with van der Waals surface area (Å²) in [6.45, 7) is 8.66. The highest BCUT2D eigenvalue weighted by molar-refractivity contribution is 6.31. The number of nitrogens with one attached hydrogen (secondary N) is 2. The second kappa shape index (κ2) is 21.7. The number of amides is 2. The Labute approximate surface area is 404 Å². The summed E-state index contributed by atoms with van der Waals surface area (Å²) < 4.78 is 0. The van der Waals surface area contributed by atoms with Crippen molar-refractivity contribution in [3.63, 3.8) is 0 Å². The van der Waals surface area contributed by atoms with Gasteiger partial charge < -0.3 is 21.3 Å². The van der Waals surface area contributed by atoms with E-state index < -0.39 is 0 Å². The van der Waals surface area contributed by atoms with E-state index in [9.17, 15) is 4.79 Å². The lowest BCUT2D eigenvalue weighted by Gasteiger charge is -2.54. The lowest BCUT2D eigenvalue weighted by atomic mass is 9.54. The molecule has 12 aliphatic rings. The van der Waals surface area contributed by atoms with Crippen LogP contribution in [0.2, 0.25) is 10.0 Å². The second-order valence-electron chi connectivity index (χ2n) is 22.7. The van der Waals surface area contributed by atoms with Crippen molar-refractivity contribution in [2.45, 2.75) is 177 Å². The molecule has 2 aromatic carbocycles. The zero-order valence-electron chi connectivity index (χ0n) is 39.7. The molecule has 2 amide bonds. The van der Waals surface area contributed by atoms with Gasteiger partial charge in [0.25, 0.3) is 0 Å². The fourth-order valence-corrected chi connectivity index (χ4v) is 17.0. The van der Waals surface area contributed by atoms with Gasteiger partial charge in [-0.3, -0.25) is 0 Å². The first kappa shape index (κ1) is 49.4. The first-order chi connectivity index (χ1) is 31.9. The van der Waals surface area contributed by atoms with Gasteiger partial charge in [-0.05, 0) is 245 Å². The summed E-state index contributed by atoms with van der Waals surface area (Å²) in [6, 6.07) is 14.4. The number of rotatable bonds is 5. The molecule has 8 bridgehead atoms. The molecule has 360 valence electrons. The maximum atomic E-state index is 13.3. The molecule has 8 saturated carbocycles. The zero-order chi connectivity index (χ0) is 46.6. The number of hydrogen-bond donors (Lipinski definition) is 3. The maximum Gasteiger partial charge on any atom is 0.373 e. The molecular weight excluding hydrogens is 868 g/mol. The third-order valence-electron chi connectivity index (χ3n) is 19.0. The van der Waals surface area contributed by atoms with Gasteiger partial charge in [0.05, 0.1) is 0 Å². The van der Waals surface area contributed by atoms with Gasteiger partial charge in [-0.25, -0.2) is 4.79 Å². The Balaban J connectivity index is 0.000000142. The fourth-order valence-electron chi connectivity index (χ4n) is 16.6. The van der Waals surface area contributed by atoms with Gasteiger partial charge in [0.2, 0.25) is 0 Å². The summed E-state index contributed by atoms with van der Waals surface area (Å²) in [7, 11) is 0. The summed E-state index contributed by atoms with van der Waals surface area (Å²) in [4.78, 5) is 47.9. The molecule has 4 N–H and O–H groups in total. The molecule has 2 aromatic rings. The largest absolute Gasteiger partial charge is 0.373 e. The lowest BCUT2D eigenvalue weighted by molar-refractivity contribution is -0.193. The van der Waals surface area contributed by atoms with E-state index in [-0.39, 0.29) is 23.7 Å². The molecule has 2 heterocycles. The number of carbonyl (C=O) groups is 1. The van der Waals surface area contributed by atoms with Crippen LogP contribution in [-0.2, 0) is 30.0 Å². The molecule has 2 spiro atoms. The van der Waals surface area contributed by atoms with E-state index in [1.54, 1.807) is 17.5 Å². The average Bonchev–Trinajstić information content (AvgIpc) is 3.74. The summed E-state index contributed by atoms with van der Waals surface area (Å²) in [5, 5.41) is 8.79. The van der Waals surface area contributed by atoms with Gasteiger partial charge in [0, 0.05) is 35.2 Å². The van der Waals surface area contributed by atoms with Gasteiger partial charge >= 0.3 is 18.3 Å². The molecule has 10 aliphatic carbocycles. The van der Waals surface area contributed by atoms with Crippen LogP contribution >= 0.6 is 23.2 Å². The number of nitrogens with two attached hydrogens (primary N) is 1. The topological polar surface area (TPSA) is 139 Å². The van der Waals surface area contributed by atoms with Crippen molar-refractivity contribution < 1.29 is 24.0 Å². The van der Waals surface area contributed by atoms with Crippen LogP contribution in [0, 0.1) is 47.3 Å². The van der Waals surface area contributed by atoms with Crippen molar-refractivity contribution >= 4 is 41.5 Å². The van der Waals surface area contributed by atoms with Crippen LogP contribution in [0.4, 0.5) is 4.79 Å². The second-order valence-corrected chi connectivity index (χ2v) is 23.6. The molecule has 0 aromatic heterocycles. The first-order valence-electron chi connectivity index (χ1n) is 26.1. The minimum Gasteiger partial charge on any atom is -0.335 e. The molecule has 2 aliphatic heterocycles. The lowest BCUT2D eigenvalue weighted by Crippen LogP contribution is -2.59. The number of benzene rings is 2. The number of likely N-dealkylation sites (tertiary alicyclic amines) is 1. The number of nitrogens with zero attached hydrogens (tertiary/aromatic N) is 1. The Hall–Kier alpha value is -3.03. The van der Waals surface area contributed by atoms with Gasteiger partial charge in [-0.2, -0.15) is 19.2 Å². The molecule has 14 rings (SSSR count). The third kappa shape index (κ3) is 10.4. The van der Waals surface area contributed by atoms with E-state index >= 15 is 0 Å². The smallest absolute Gasteiger partial charge is 0.335 e. The van der Waals surface area contributed by atoms with E-state index in [1.807, 2.05) is 0 Å². The molecule has 2 unspecified atom stereocenters. The highest BCUT2D eigenvalue weighted by atomic mass is 35.5. The minimum absolute atomic E-state index is 0.210. The van der Waals surface area contributed by atoms with E-state index in [4.69, 9.17) is 48.1 Å². The molecule has 10 fully saturated rings. The fraction of sp³-hybridized carbons (Fsp3) is 0.727. The van der Waals surface area contributed by atoms with Crippen molar-refractivity contribution in [3.05, 3.63) is 68.7 Å². The molecule has 66 heavy (non-hydrogen) atoms. The first-order valence-corrected chi connectivity index (χ1v) is 26.8. The molecule has 2 atom stereocenters. The normalized spacial score (nSPS) is 34.7. The van der Waals surface area contributed by atoms with Crippen molar-refractivity contribution in [1.82, 2.24) is 15.5 Å². The molecule has 11 heteroatoms. The summed E-state index contributed by atoms with van der Waals surface area (Å²) >= 11 is 12.7. The van der Waals surface area contributed by atoms with Crippen molar-refractivity contribution in [3.8, 4) is 0 Å². The van der Waals surface area contributed by atoms with Crippen LogP contribution in [0.1, 0.15) is 176 Å². The number of hydrogen-bond acceptors (Lipinski definition) is 7. The Morgan fingerprint density at radius 2 is 1.05 bits per heavy atom. The molecule has 0 radical (unpaired) electrons.